The summed E-state index contributed by atoms with van der Waals surface area (Å²) in [7, 11) is 0. The summed E-state index contributed by atoms with van der Waals surface area (Å²) in [5.41, 5.74) is 1.16. The molecule has 3 nitrogen and oxygen atoms in total. The zero-order valence-corrected chi connectivity index (χ0v) is 12.6. The van der Waals surface area contributed by atoms with Crippen molar-refractivity contribution < 1.29 is 0 Å². The van der Waals surface area contributed by atoms with Crippen LogP contribution in [0.1, 0.15) is 45.1 Å². The molecule has 1 aromatic rings. The number of rotatable bonds is 8. The number of pyridine rings is 1. The molecule has 2 N–H and O–H groups in total. The van der Waals surface area contributed by atoms with Crippen LogP contribution in [-0.4, -0.2) is 17.6 Å². The Morgan fingerprint density at radius 1 is 1.37 bits per heavy atom. The Hall–Kier alpha value is -0.800. The summed E-state index contributed by atoms with van der Waals surface area (Å²) in [4.78, 5) is 4.43. The second-order valence-corrected chi connectivity index (χ2v) is 5.80. The summed E-state index contributed by atoms with van der Waals surface area (Å²) in [6.07, 6.45) is 6.89. The van der Waals surface area contributed by atoms with Crippen LogP contribution in [0.4, 0.5) is 5.82 Å². The minimum Gasteiger partial charge on any atom is -0.369 e. The van der Waals surface area contributed by atoms with Crippen molar-refractivity contribution in [3.63, 3.8) is 0 Å². The molecule has 4 heteroatoms. The first-order valence-corrected chi connectivity index (χ1v) is 7.72. The lowest BCUT2D eigenvalue weighted by atomic mass is 10.0. The fourth-order valence-electron chi connectivity index (χ4n) is 2.07. The highest BCUT2D eigenvalue weighted by Crippen LogP contribution is 2.23. The maximum absolute atomic E-state index is 6.28. The lowest BCUT2D eigenvalue weighted by Gasteiger charge is -2.15. The molecule has 2 rings (SSSR count). The number of nitrogens with zero attached hydrogens (tertiary/aromatic N) is 1. The largest absolute Gasteiger partial charge is 0.369 e. The zero-order chi connectivity index (χ0) is 13.7. The minimum atomic E-state index is 0.689. The molecular formula is C15H24ClN3. The molecule has 0 atom stereocenters. The summed E-state index contributed by atoms with van der Waals surface area (Å²) in [6, 6.07) is 2.73. The van der Waals surface area contributed by atoms with E-state index in [-0.39, 0.29) is 0 Å². The van der Waals surface area contributed by atoms with Crippen LogP contribution in [-0.2, 0) is 6.54 Å². The van der Waals surface area contributed by atoms with Crippen LogP contribution in [0, 0.1) is 5.92 Å². The molecule has 0 amide bonds. The van der Waals surface area contributed by atoms with E-state index in [1.165, 1.54) is 25.7 Å². The van der Waals surface area contributed by atoms with Gasteiger partial charge in [-0.3, -0.25) is 0 Å². The fraction of sp³-hybridized carbons (Fsp3) is 0.667. The first kappa shape index (κ1) is 14.6. The van der Waals surface area contributed by atoms with E-state index in [4.69, 9.17) is 11.6 Å². The topological polar surface area (TPSA) is 37.0 Å². The van der Waals surface area contributed by atoms with Gasteiger partial charge in [0.15, 0.2) is 0 Å². The molecule has 1 heterocycles. The van der Waals surface area contributed by atoms with Crippen molar-refractivity contribution in [3.05, 3.63) is 22.8 Å². The molecule has 1 aliphatic carbocycles. The average Bonchev–Trinajstić information content (AvgIpc) is 3.23. The standard InChI is InChI=1S/C15H24ClN3/c1-3-11(4-2)8-18-15-14(16)7-12(10-19-15)9-17-13-5-6-13/h7,10-11,13,17H,3-6,8-9H2,1-2H3,(H,18,19). The van der Waals surface area contributed by atoms with Gasteiger partial charge in [-0.1, -0.05) is 38.3 Å². The van der Waals surface area contributed by atoms with Gasteiger partial charge >= 0.3 is 0 Å². The molecule has 0 aliphatic heterocycles. The second kappa shape index (κ2) is 7.11. The van der Waals surface area contributed by atoms with Gasteiger partial charge in [-0.2, -0.15) is 0 Å². The number of hydrogen-bond donors (Lipinski definition) is 2. The van der Waals surface area contributed by atoms with Crippen molar-refractivity contribution >= 4 is 17.4 Å². The van der Waals surface area contributed by atoms with Crippen LogP contribution in [0.5, 0.6) is 0 Å². The molecule has 19 heavy (non-hydrogen) atoms. The Labute approximate surface area is 121 Å². The predicted molar refractivity (Wildman–Crippen MR) is 81.7 cm³/mol. The molecular weight excluding hydrogens is 258 g/mol. The summed E-state index contributed by atoms with van der Waals surface area (Å²) >= 11 is 6.28. The Bertz CT molecular complexity index is 400. The van der Waals surface area contributed by atoms with Gasteiger partial charge in [-0.25, -0.2) is 4.98 Å². The Morgan fingerprint density at radius 3 is 2.68 bits per heavy atom. The van der Waals surface area contributed by atoms with Crippen molar-refractivity contribution in [2.75, 3.05) is 11.9 Å². The molecule has 1 saturated carbocycles. The first-order chi connectivity index (χ1) is 9.22. The van der Waals surface area contributed by atoms with Crippen LogP contribution < -0.4 is 10.6 Å². The predicted octanol–water partition coefficient (Wildman–Crippen LogP) is 3.84. The van der Waals surface area contributed by atoms with E-state index in [9.17, 15) is 0 Å². The number of aromatic nitrogens is 1. The highest BCUT2D eigenvalue weighted by atomic mass is 35.5. The Balaban J connectivity index is 1.86. The highest BCUT2D eigenvalue weighted by Gasteiger charge is 2.20. The van der Waals surface area contributed by atoms with Crippen LogP contribution in [0.15, 0.2) is 12.3 Å². The van der Waals surface area contributed by atoms with Crippen molar-refractivity contribution in [1.82, 2.24) is 10.3 Å². The van der Waals surface area contributed by atoms with Gasteiger partial charge in [0.05, 0.1) is 5.02 Å². The van der Waals surface area contributed by atoms with Gasteiger partial charge in [0.1, 0.15) is 5.82 Å². The molecule has 0 aromatic carbocycles. The van der Waals surface area contributed by atoms with Crippen molar-refractivity contribution in [1.29, 1.82) is 0 Å². The number of halogens is 1. The van der Waals surface area contributed by atoms with Crippen molar-refractivity contribution in [3.8, 4) is 0 Å². The van der Waals surface area contributed by atoms with E-state index in [1.807, 2.05) is 12.3 Å². The summed E-state index contributed by atoms with van der Waals surface area (Å²) in [5.74, 6) is 1.50. The zero-order valence-electron chi connectivity index (χ0n) is 11.9. The molecule has 1 aromatic heterocycles. The average molecular weight is 282 g/mol. The van der Waals surface area contributed by atoms with Crippen LogP contribution in [0.25, 0.3) is 0 Å². The Morgan fingerprint density at radius 2 is 2.11 bits per heavy atom. The SMILES string of the molecule is CCC(CC)CNc1ncc(CNC2CC2)cc1Cl. The number of hydrogen-bond acceptors (Lipinski definition) is 3. The number of anilines is 1. The van der Waals surface area contributed by atoms with Gasteiger partial charge in [-0.15, -0.1) is 0 Å². The monoisotopic (exact) mass is 281 g/mol. The van der Waals surface area contributed by atoms with Gasteiger partial charge in [0.25, 0.3) is 0 Å². The van der Waals surface area contributed by atoms with Gasteiger partial charge < -0.3 is 10.6 Å². The third kappa shape index (κ3) is 4.66. The molecule has 1 aliphatic rings. The summed E-state index contributed by atoms with van der Waals surface area (Å²) < 4.78 is 0. The van der Waals surface area contributed by atoms with Gasteiger partial charge in [0.2, 0.25) is 0 Å². The normalized spacial score (nSPS) is 14.9. The smallest absolute Gasteiger partial charge is 0.144 e. The van der Waals surface area contributed by atoms with E-state index in [2.05, 4.69) is 29.5 Å². The molecule has 0 saturated heterocycles. The van der Waals surface area contributed by atoms with Gasteiger partial charge in [-0.05, 0) is 30.4 Å². The minimum absolute atomic E-state index is 0.689. The summed E-state index contributed by atoms with van der Waals surface area (Å²) in [5, 5.41) is 7.55. The van der Waals surface area contributed by atoms with E-state index < -0.39 is 0 Å². The first-order valence-electron chi connectivity index (χ1n) is 7.34. The van der Waals surface area contributed by atoms with Crippen molar-refractivity contribution in [2.45, 2.75) is 52.1 Å². The second-order valence-electron chi connectivity index (χ2n) is 5.39. The maximum atomic E-state index is 6.28. The molecule has 0 unspecified atom stereocenters. The third-order valence-electron chi connectivity index (χ3n) is 3.78. The maximum Gasteiger partial charge on any atom is 0.144 e. The van der Waals surface area contributed by atoms with Gasteiger partial charge in [0, 0.05) is 25.3 Å². The number of nitrogens with one attached hydrogen (secondary N) is 2. The molecule has 0 spiro atoms. The molecule has 0 bridgehead atoms. The van der Waals surface area contributed by atoms with E-state index in [0.29, 0.717) is 12.0 Å². The Kier molecular flexibility index (Phi) is 5.46. The quantitative estimate of drug-likeness (QED) is 0.760. The third-order valence-corrected chi connectivity index (χ3v) is 4.07. The van der Waals surface area contributed by atoms with Crippen molar-refractivity contribution in [2.24, 2.45) is 5.92 Å². The van der Waals surface area contributed by atoms with Crippen LogP contribution >= 0.6 is 11.6 Å². The van der Waals surface area contributed by atoms with Crippen LogP contribution in [0.2, 0.25) is 5.02 Å². The lowest BCUT2D eigenvalue weighted by Crippen LogP contribution is -2.16. The van der Waals surface area contributed by atoms with E-state index in [0.717, 1.165) is 29.5 Å². The highest BCUT2D eigenvalue weighted by molar-refractivity contribution is 6.32. The lowest BCUT2D eigenvalue weighted by molar-refractivity contribution is 0.518. The van der Waals surface area contributed by atoms with E-state index in [1.54, 1.807) is 0 Å². The molecule has 106 valence electrons. The molecule has 1 fully saturated rings. The van der Waals surface area contributed by atoms with E-state index >= 15 is 0 Å². The summed E-state index contributed by atoms with van der Waals surface area (Å²) in [6.45, 7) is 6.25. The fourth-order valence-corrected chi connectivity index (χ4v) is 2.33. The molecule has 0 radical (unpaired) electrons. The van der Waals surface area contributed by atoms with Crippen LogP contribution in [0.3, 0.4) is 0 Å².